The predicted molar refractivity (Wildman–Crippen MR) is 134 cm³/mol. The molecule has 0 bridgehead atoms. The third-order valence-corrected chi connectivity index (χ3v) is 7.88. The van der Waals surface area contributed by atoms with Crippen LogP contribution in [0.1, 0.15) is 30.2 Å². The highest BCUT2D eigenvalue weighted by Crippen LogP contribution is 2.33. The maximum atomic E-state index is 12.6. The van der Waals surface area contributed by atoms with E-state index in [1.165, 1.54) is 12.1 Å². The van der Waals surface area contributed by atoms with Gasteiger partial charge in [0.15, 0.2) is 5.79 Å². The first-order valence-electron chi connectivity index (χ1n) is 11.4. The van der Waals surface area contributed by atoms with Crippen LogP contribution in [0.5, 0.6) is 0 Å². The molecule has 35 heavy (non-hydrogen) atoms. The normalized spacial score (nSPS) is 20.4. The summed E-state index contributed by atoms with van der Waals surface area (Å²) in [6.45, 7) is 4.40. The number of rotatable bonds is 10. The minimum Gasteiger partial charge on any atom is -0.345 e. The van der Waals surface area contributed by atoms with Crippen LogP contribution >= 0.6 is 23.2 Å². The molecule has 188 valence electrons. The van der Waals surface area contributed by atoms with E-state index in [1.807, 2.05) is 23.8 Å². The predicted octanol–water partition coefficient (Wildman–Crippen LogP) is 5.21. The molecule has 4 rings (SSSR count). The van der Waals surface area contributed by atoms with Gasteiger partial charge in [-0.2, -0.15) is 8.42 Å². The van der Waals surface area contributed by atoms with Crippen LogP contribution in [0.15, 0.2) is 59.9 Å². The minimum atomic E-state index is -3.91. The molecule has 2 atom stereocenters. The van der Waals surface area contributed by atoms with Crippen LogP contribution in [0.2, 0.25) is 10.0 Å². The number of halogens is 2. The van der Waals surface area contributed by atoms with Crippen molar-refractivity contribution in [3.8, 4) is 0 Å². The zero-order valence-electron chi connectivity index (χ0n) is 19.6. The number of ether oxygens (including phenoxy) is 2. The number of hydrogen-bond donors (Lipinski definition) is 0. The quantitative estimate of drug-likeness (QED) is 0.329. The molecule has 1 aliphatic rings. The maximum absolute atomic E-state index is 12.6. The van der Waals surface area contributed by atoms with Crippen molar-refractivity contribution >= 4 is 33.3 Å². The Morgan fingerprint density at radius 1 is 1.20 bits per heavy atom. The number of imidazole rings is 1. The number of aryl methyl sites for hydroxylation is 3. The van der Waals surface area contributed by atoms with Gasteiger partial charge >= 0.3 is 0 Å². The lowest BCUT2D eigenvalue weighted by Crippen LogP contribution is -2.38. The SMILES string of the molecule is CCc1cncn1C[C@@]1(CCc2ccc(Cl)cc2Cl)OC[C@H](COS(=O)(=O)c2ccc(C)cc2)O1. The van der Waals surface area contributed by atoms with Crippen LogP contribution in [-0.2, 0) is 43.2 Å². The highest BCUT2D eigenvalue weighted by molar-refractivity contribution is 7.86. The Morgan fingerprint density at radius 2 is 1.97 bits per heavy atom. The van der Waals surface area contributed by atoms with Crippen LogP contribution in [0, 0.1) is 6.92 Å². The van der Waals surface area contributed by atoms with Gasteiger partial charge in [0.25, 0.3) is 10.1 Å². The molecule has 1 fully saturated rings. The summed E-state index contributed by atoms with van der Waals surface area (Å²) in [5, 5.41) is 1.14. The summed E-state index contributed by atoms with van der Waals surface area (Å²) in [5.41, 5.74) is 2.93. The fourth-order valence-corrected chi connectivity index (χ4v) is 5.46. The van der Waals surface area contributed by atoms with E-state index >= 15 is 0 Å². The average Bonchev–Trinajstić information content (AvgIpc) is 3.44. The molecule has 10 heteroatoms. The first-order valence-corrected chi connectivity index (χ1v) is 13.6. The molecule has 0 aliphatic carbocycles. The Morgan fingerprint density at radius 3 is 2.69 bits per heavy atom. The zero-order chi connectivity index (χ0) is 25.1. The molecule has 2 aromatic carbocycles. The molecule has 1 saturated heterocycles. The molecule has 1 aliphatic heterocycles. The van der Waals surface area contributed by atoms with Gasteiger partial charge in [-0.25, -0.2) is 4.98 Å². The van der Waals surface area contributed by atoms with Gasteiger partial charge in [0.1, 0.15) is 6.10 Å². The third kappa shape index (κ3) is 6.44. The van der Waals surface area contributed by atoms with E-state index in [1.54, 1.807) is 30.6 Å². The molecular formula is C25H28Cl2N2O5S. The van der Waals surface area contributed by atoms with E-state index < -0.39 is 22.0 Å². The molecule has 0 amide bonds. The monoisotopic (exact) mass is 538 g/mol. The van der Waals surface area contributed by atoms with Crippen LogP contribution in [0.4, 0.5) is 0 Å². The molecular weight excluding hydrogens is 511 g/mol. The molecule has 3 aromatic rings. The second-order valence-electron chi connectivity index (χ2n) is 8.62. The number of hydrogen-bond acceptors (Lipinski definition) is 6. The van der Waals surface area contributed by atoms with Gasteiger partial charge in [-0.15, -0.1) is 0 Å². The fourth-order valence-electron chi connectivity index (χ4n) is 4.02. The van der Waals surface area contributed by atoms with Gasteiger partial charge in [-0.05, 0) is 49.6 Å². The summed E-state index contributed by atoms with van der Waals surface area (Å²) < 4.78 is 45.1. The zero-order valence-corrected chi connectivity index (χ0v) is 21.9. The Balaban J connectivity index is 1.48. The van der Waals surface area contributed by atoms with Crippen LogP contribution in [0.3, 0.4) is 0 Å². The summed E-state index contributed by atoms with van der Waals surface area (Å²) in [5.74, 6) is -0.991. The van der Waals surface area contributed by atoms with Crippen molar-refractivity contribution in [1.29, 1.82) is 0 Å². The molecule has 0 radical (unpaired) electrons. The first kappa shape index (κ1) is 26.1. The second kappa shape index (κ2) is 11.0. The van der Waals surface area contributed by atoms with Gasteiger partial charge in [0, 0.05) is 28.4 Å². The second-order valence-corrected chi connectivity index (χ2v) is 11.1. The van der Waals surface area contributed by atoms with Gasteiger partial charge in [0.05, 0.1) is 31.0 Å². The first-order chi connectivity index (χ1) is 16.7. The molecule has 0 N–H and O–H groups in total. The largest absolute Gasteiger partial charge is 0.345 e. The minimum absolute atomic E-state index is 0.108. The average molecular weight is 539 g/mol. The van der Waals surface area contributed by atoms with Crippen LogP contribution in [0.25, 0.3) is 0 Å². The summed E-state index contributed by atoms with van der Waals surface area (Å²) in [6, 6.07) is 11.9. The summed E-state index contributed by atoms with van der Waals surface area (Å²) in [7, 11) is -3.91. The van der Waals surface area contributed by atoms with Crippen molar-refractivity contribution in [3.05, 3.63) is 81.9 Å². The van der Waals surface area contributed by atoms with Crippen molar-refractivity contribution in [2.45, 2.75) is 56.4 Å². The standard InChI is InChI=1S/C25H28Cl2N2O5S/c1-3-21-13-28-17-29(21)16-25(11-10-19-6-7-20(26)12-24(19)27)32-14-22(34-25)15-33-35(30,31)23-8-4-18(2)5-9-23/h4-9,12-13,17,22H,3,10-11,14-16H2,1-2H3/t22-,25+/m1/s1. The van der Waals surface area contributed by atoms with E-state index in [4.69, 9.17) is 36.9 Å². The summed E-state index contributed by atoms with van der Waals surface area (Å²) in [4.78, 5) is 4.36. The van der Waals surface area contributed by atoms with Gasteiger partial charge in [0.2, 0.25) is 0 Å². The van der Waals surface area contributed by atoms with Gasteiger partial charge in [-0.3, -0.25) is 4.18 Å². The van der Waals surface area contributed by atoms with Gasteiger partial charge < -0.3 is 14.0 Å². The van der Waals surface area contributed by atoms with Crippen molar-refractivity contribution in [1.82, 2.24) is 9.55 Å². The summed E-state index contributed by atoms with van der Waals surface area (Å²) in [6.07, 6.45) is 4.89. The van der Waals surface area contributed by atoms with Crippen molar-refractivity contribution in [2.75, 3.05) is 13.2 Å². The van der Waals surface area contributed by atoms with E-state index in [2.05, 4.69) is 11.9 Å². The molecule has 2 heterocycles. The Hall–Kier alpha value is -1.94. The lowest BCUT2D eigenvalue weighted by molar-refractivity contribution is -0.184. The number of nitrogens with zero attached hydrogens (tertiary/aromatic N) is 2. The van der Waals surface area contributed by atoms with E-state index in [0.717, 1.165) is 23.2 Å². The number of aromatic nitrogens is 2. The highest BCUT2D eigenvalue weighted by Gasteiger charge is 2.42. The van der Waals surface area contributed by atoms with Crippen molar-refractivity contribution < 1.29 is 22.1 Å². The third-order valence-electron chi connectivity index (χ3n) is 5.99. The Labute approximate surface area is 216 Å². The fraction of sp³-hybridized carbons (Fsp3) is 0.400. The Bertz CT molecular complexity index is 1260. The van der Waals surface area contributed by atoms with E-state index in [-0.39, 0.29) is 18.1 Å². The Kier molecular flexibility index (Phi) is 8.20. The van der Waals surface area contributed by atoms with E-state index in [9.17, 15) is 8.42 Å². The van der Waals surface area contributed by atoms with E-state index in [0.29, 0.717) is 29.4 Å². The highest BCUT2D eigenvalue weighted by atomic mass is 35.5. The topological polar surface area (TPSA) is 79.7 Å². The molecule has 7 nitrogen and oxygen atoms in total. The summed E-state index contributed by atoms with van der Waals surface area (Å²) >= 11 is 12.4. The van der Waals surface area contributed by atoms with Crippen molar-refractivity contribution in [2.24, 2.45) is 0 Å². The lowest BCUT2D eigenvalue weighted by Gasteiger charge is -2.29. The smallest absolute Gasteiger partial charge is 0.297 e. The number of benzene rings is 2. The molecule has 0 saturated carbocycles. The van der Waals surface area contributed by atoms with Crippen molar-refractivity contribution in [3.63, 3.8) is 0 Å². The molecule has 0 unspecified atom stereocenters. The van der Waals surface area contributed by atoms with Crippen LogP contribution in [-0.4, -0.2) is 43.1 Å². The lowest BCUT2D eigenvalue weighted by atomic mass is 10.0. The molecule has 1 aromatic heterocycles. The van der Waals surface area contributed by atoms with Gasteiger partial charge in [-0.1, -0.05) is 53.9 Å². The molecule has 0 spiro atoms. The maximum Gasteiger partial charge on any atom is 0.297 e. The van der Waals surface area contributed by atoms with Crippen LogP contribution < -0.4 is 0 Å².